The molecule has 2 aliphatic heterocycles. The van der Waals surface area contributed by atoms with Crippen molar-refractivity contribution >= 4 is 17.9 Å². The minimum Gasteiger partial charge on any atom is -0.481 e. The molecule has 1 atom stereocenters. The fraction of sp³-hybridized carbons (Fsp3) is 0.556. The number of imide groups is 1. The van der Waals surface area contributed by atoms with Crippen LogP contribution in [-0.4, -0.2) is 60.6 Å². The number of likely N-dealkylation sites (tertiary alicyclic amines) is 1. The van der Waals surface area contributed by atoms with Gasteiger partial charge in [0.2, 0.25) is 5.88 Å². The van der Waals surface area contributed by atoms with E-state index >= 15 is 0 Å². The SMILES string of the molecule is CN=C(NCc1ccnc(OC)c1)N1CCC(C2(C)NC(=O)NC2=O)CC1. The molecular weight excluding hydrogens is 348 g/mol. The fourth-order valence-corrected chi connectivity index (χ4v) is 3.70. The number of hydrogen-bond donors (Lipinski definition) is 3. The van der Waals surface area contributed by atoms with E-state index in [0.717, 1.165) is 37.5 Å². The highest BCUT2D eigenvalue weighted by atomic mass is 16.5. The maximum atomic E-state index is 12.1. The Morgan fingerprint density at radius 1 is 1.44 bits per heavy atom. The Morgan fingerprint density at radius 2 is 2.19 bits per heavy atom. The van der Waals surface area contributed by atoms with Crippen LogP contribution >= 0.6 is 0 Å². The molecule has 27 heavy (non-hydrogen) atoms. The average molecular weight is 374 g/mol. The molecule has 3 heterocycles. The van der Waals surface area contributed by atoms with Gasteiger partial charge in [0.1, 0.15) is 5.54 Å². The number of carbonyl (C=O) groups is 2. The first-order valence-electron chi connectivity index (χ1n) is 9.04. The van der Waals surface area contributed by atoms with Gasteiger partial charge < -0.3 is 20.3 Å². The van der Waals surface area contributed by atoms with E-state index in [1.807, 2.05) is 12.1 Å². The summed E-state index contributed by atoms with van der Waals surface area (Å²) < 4.78 is 5.15. The van der Waals surface area contributed by atoms with Crippen LogP contribution < -0.4 is 20.7 Å². The van der Waals surface area contributed by atoms with Gasteiger partial charge in [0, 0.05) is 38.9 Å². The number of hydrogen-bond acceptors (Lipinski definition) is 5. The van der Waals surface area contributed by atoms with Gasteiger partial charge in [-0.3, -0.25) is 15.1 Å². The van der Waals surface area contributed by atoms with Crippen LogP contribution in [0, 0.1) is 5.92 Å². The number of rotatable bonds is 4. The lowest BCUT2D eigenvalue weighted by atomic mass is 9.79. The Balaban J connectivity index is 1.56. The highest BCUT2D eigenvalue weighted by Gasteiger charge is 2.48. The summed E-state index contributed by atoms with van der Waals surface area (Å²) in [6, 6.07) is 3.40. The minimum atomic E-state index is -0.826. The van der Waals surface area contributed by atoms with Crippen molar-refractivity contribution in [1.82, 2.24) is 25.8 Å². The van der Waals surface area contributed by atoms with Gasteiger partial charge in [0.15, 0.2) is 5.96 Å². The lowest BCUT2D eigenvalue weighted by Crippen LogP contribution is -2.55. The normalized spacial score (nSPS) is 23.8. The zero-order chi connectivity index (χ0) is 19.4. The van der Waals surface area contributed by atoms with E-state index in [1.54, 1.807) is 27.3 Å². The van der Waals surface area contributed by atoms with Crippen LogP contribution in [0.3, 0.4) is 0 Å². The largest absolute Gasteiger partial charge is 0.481 e. The number of amides is 3. The molecular formula is C18H26N6O3. The number of pyridine rings is 1. The summed E-state index contributed by atoms with van der Waals surface area (Å²) >= 11 is 0. The van der Waals surface area contributed by atoms with Crippen molar-refractivity contribution in [2.24, 2.45) is 10.9 Å². The van der Waals surface area contributed by atoms with E-state index in [1.165, 1.54) is 0 Å². The van der Waals surface area contributed by atoms with Gasteiger partial charge in [0.25, 0.3) is 5.91 Å². The average Bonchev–Trinajstić information content (AvgIpc) is 2.95. The molecule has 1 unspecified atom stereocenters. The molecule has 9 nitrogen and oxygen atoms in total. The first-order chi connectivity index (χ1) is 13.0. The third-order valence-corrected chi connectivity index (χ3v) is 5.35. The zero-order valence-electron chi connectivity index (χ0n) is 15.9. The third kappa shape index (κ3) is 3.96. The van der Waals surface area contributed by atoms with Crippen LogP contribution in [0.1, 0.15) is 25.3 Å². The number of nitrogens with one attached hydrogen (secondary N) is 3. The van der Waals surface area contributed by atoms with Gasteiger partial charge in [-0.2, -0.15) is 0 Å². The smallest absolute Gasteiger partial charge is 0.322 e. The van der Waals surface area contributed by atoms with Gasteiger partial charge in [-0.15, -0.1) is 0 Å². The molecule has 0 aromatic carbocycles. The van der Waals surface area contributed by atoms with Crippen LogP contribution in [0.2, 0.25) is 0 Å². The number of piperidine rings is 1. The molecule has 0 saturated carbocycles. The van der Waals surface area contributed by atoms with Crippen LogP contribution in [0.4, 0.5) is 4.79 Å². The summed E-state index contributed by atoms with van der Waals surface area (Å²) in [5.41, 5.74) is 0.226. The summed E-state index contributed by atoms with van der Waals surface area (Å²) in [7, 11) is 3.35. The number of aliphatic imine (C=N–C) groups is 1. The molecule has 146 valence electrons. The molecule has 0 spiro atoms. The highest BCUT2D eigenvalue weighted by molar-refractivity contribution is 6.07. The molecule has 1 aromatic heterocycles. The second-order valence-electron chi connectivity index (χ2n) is 6.98. The standard InChI is InChI=1S/C18H26N6O3/c1-18(15(25)22-17(26)23-18)13-5-8-24(9-6-13)16(19-2)21-11-12-4-7-20-14(10-12)27-3/h4,7,10,13H,5-6,8-9,11H2,1-3H3,(H,19,21)(H2,22,23,25,26). The summed E-state index contributed by atoms with van der Waals surface area (Å²) in [6.07, 6.45) is 3.31. The van der Waals surface area contributed by atoms with Crippen LogP contribution in [0.5, 0.6) is 5.88 Å². The number of ether oxygens (including phenoxy) is 1. The Bertz CT molecular complexity index is 744. The Labute approximate surface area is 158 Å². The first-order valence-corrected chi connectivity index (χ1v) is 9.04. The minimum absolute atomic E-state index is 0.0998. The van der Waals surface area contributed by atoms with Crippen molar-refractivity contribution < 1.29 is 14.3 Å². The Kier molecular flexibility index (Phi) is 5.48. The maximum absolute atomic E-state index is 12.1. The predicted octanol–water partition coefficient (Wildman–Crippen LogP) is 0.476. The molecule has 2 fully saturated rings. The van der Waals surface area contributed by atoms with E-state index in [4.69, 9.17) is 4.74 Å². The molecule has 3 rings (SSSR count). The number of methoxy groups -OCH3 is 1. The van der Waals surface area contributed by atoms with Crippen molar-refractivity contribution in [3.8, 4) is 5.88 Å². The quantitative estimate of drug-likeness (QED) is 0.402. The molecule has 2 aliphatic rings. The molecule has 0 bridgehead atoms. The van der Waals surface area contributed by atoms with Crippen LogP contribution in [0.25, 0.3) is 0 Å². The molecule has 0 radical (unpaired) electrons. The lowest BCUT2D eigenvalue weighted by molar-refractivity contribution is -0.125. The number of carbonyl (C=O) groups excluding carboxylic acids is 2. The third-order valence-electron chi connectivity index (χ3n) is 5.35. The summed E-state index contributed by atoms with van der Waals surface area (Å²) in [5, 5.41) is 8.49. The summed E-state index contributed by atoms with van der Waals surface area (Å²) in [5.74, 6) is 1.26. The maximum Gasteiger partial charge on any atom is 0.322 e. The van der Waals surface area contributed by atoms with E-state index in [2.05, 4.69) is 30.8 Å². The van der Waals surface area contributed by atoms with Crippen molar-refractivity contribution in [1.29, 1.82) is 0 Å². The Hall–Kier alpha value is -2.84. The van der Waals surface area contributed by atoms with Crippen molar-refractivity contribution in [2.45, 2.75) is 31.8 Å². The molecule has 9 heteroatoms. The van der Waals surface area contributed by atoms with E-state index in [-0.39, 0.29) is 11.8 Å². The Morgan fingerprint density at radius 3 is 2.78 bits per heavy atom. The van der Waals surface area contributed by atoms with Gasteiger partial charge in [0.05, 0.1) is 7.11 Å². The van der Waals surface area contributed by atoms with Gasteiger partial charge in [-0.25, -0.2) is 9.78 Å². The van der Waals surface area contributed by atoms with Crippen molar-refractivity contribution in [3.63, 3.8) is 0 Å². The monoisotopic (exact) mass is 374 g/mol. The van der Waals surface area contributed by atoms with Crippen molar-refractivity contribution in [3.05, 3.63) is 23.9 Å². The molecule has 3 N–H and O–H groups in total. The lowest BCUT2D eigenvalue weighted by Gasteiger charge is -2.39. The van der Waals surface area contributed by atoms with Gasteiger partial charge >= 0.3 is 6.03 Å². The van der Waals surface area contributed by atoms with E-state index in [0.29, 0.717) is 12.4 Å². The van der Waals surface area contributed by atoms with Crippen LogP contribution in [-0.2, 0) is 11.3 Å². The van der Waals surface area contributed by atoms with Crippen LogP contribution in [0.15, 0.2) is 23.3 Å². The molecule has 2 saturated heterocycles. The second kappa shape index (κ2) is 7.81. The van der Waals surface area contributed by atoms with Gasteiger partial charge in [-0.05, 0) is 37.3 Å². The second-order valence-corrected chi connectivity index (χ2v) is 6.98. The number of urea groups is 1. The van der Waals surface area contributed by atoms with E-state index < -0.39 is 11.6 Å². The molecule has 1 aromatic rings. The summed E-state index contributed by atoms with van der Waals surface area (Å²) in [4.78, 5) is 34.3. The van der Waals surface area contributed by atoms with E-state index in [9.17, 15) is 9.59 Å². The molecule has 0 aliphatic carbocycles. The van der Waals surface area contributed by atoms with Crippen molar-refractivity contribution in [2.75, 3.05) is 27.2 Å². The first kappa shape index (κ1) is 18.9. The number of guanidine groups is 1. The predicted molar refractivity (Wildman–Crippen MR) is 100 cm³/mol. The number of nitrogens with zero attached hydrogens (tertiary/aromatic N) is 3. The summed E-state index contributed by atoms with van der Waals surface area (Å²) in [6.45, 7) is 3.95. The fourth-order valence-electron chi connectivity index (χ4n) is 3.70. The zero-order valence-corrected chi connectivity index (χ0v) is 15.9. The highest BCUT2D eigenvalue weighted by Crippen LogP contribution is 2.30. The van der Waals surface area contributed by atoms with Gasteiger partial charge in [-0.1, -0.05) is 0 Å². The topological polar surface area (TPSA) is 108 Å². The molecule has 3 amide bonds. The number of aromatic nitrogens is 1.